The fourth-order valence-electron chi connectivity index (χ4n) is 6.58. The normalized spacial score (nSPS) is 25.8. The molecule has 6 rings (SSSR count). The zero-order valence-corrected chi connectivity index (χ0v) is 21.3. The number of carbonyl (C=O) groups excluding carboxylic acids is 1. The van der Waals surface area contributed by atoms with Crippen LogP contribution in [-0.4, -0.2) is 41.5 Å². The Bertz CT molecular complexity index is 1430. The molecule has 3 heterocycles. The van der Waals surface area contributed by atoms with Gasteiger partial charge in [0.05, 0.1) is 18.1 Å². The number of rotatable bonds is 6. The number of nitro groups is 1. The van der Waals surface area contributed by atoms with Crippen LogP contribution >= 0.6 is 11.6 Å². The predicted molar refractivity (Wildman–Crippen MR) is 139 cm³/mol. The van der Waals surface area contributed by atoms with E-state index in [9.17, 15) is 19.3 Å². The van der Waals surface area contributed by atoms with Crippen molar-refractivity contribution >= 4 is 23.2 Å². The summed E-state index contributed by atoms with van der Waals surface area (Å²) < 4.78 is 24.8. The Kier molecular flexibility index (Phi) is 6.00. The van der Waals surface area contributed by atoms with Crippen LogP contribution in [0.15, 0.2) is 60.7 Å². The maximum Gasteiger partial charge on any atom is 0.256 e. The average Bonchev–Trinajstić information content (AvgIpc) is 3.57. The number of hydrogen-bond donors (Lipinski definition) is 1. The minimum Gasteiger partial charge on any atom is -0.493 e. The first-order chi connectivity index (χ1) is 18.4. The highest BCUT2D eigenvalue weighted by Gasteiger charge is 2.73. The number of amides is 1. The lowest BCUT2D eigenvalue weighted by Gasteiger charge is -2.32. The van der Waals surface area contributed by atoms with Crippen LogP contribution in [0.5, 0.6) is 11.5 Å². The van der Waals surface area contributed by atoms with Gasteiger partial charge >= 0.3 is 0 Å². The Morgan fingerprint density at radius 3 is 2.71 bits per heavy atom. The maximum atomic E-state index is 13.6. The number of benzene rings is 3. The molecule has 38 heavy (non-hydrogen) atoms. The SMILES string of the molecule is COc1cc([C@@H]2[C@@H]3CCCN3[C@]3(C(=O)Nc4ccccc43)[C@@H]2[N+](=O)[O-])cc(Cl)c1OCc1ccc(F)cc1. The fraction of sp³-hybridized carbons (Fsp3) is 0.321. The third-order valence-electron chi connectivity index (χ3n) is 8.03. The molecule has 1 amide bonds. The lowest BCUT2D eigenvalue weighted by Crippen LogP contribution is -2.55. The van der Waals surface area contributed by atoms with Crippen LogP contribution in [0.1, 0.15) is 35.4 Å². The van der Waals surface area contributed by atoms with E-state index < -0.39 is 17.5 Å². The first-order valence-electron chi connectivity index (χ1n) is 12.4. The summed E-state index contributed by atoms with van der Waals surface area (Å²) in [6.07, 6.45) is 1.54. The minimum absolute atomic E-state index is 0.132. The molecule has 196 valence electrons. The smallest absolute Gasteiger partial charge is 0.256 e. The van der Waals surface area contributed by atoms with Crippen LogP contribution in [0, 0.1) is 15.9 Å². The standard InChI is InChI=1S/C28H25ClFN3O5/c1-37-23-14-17(13-20(29)25(23)38-15-16-8-10-18(30)11-9-16)24-22-7-4-12-32(22)28(26(24)33(35)36)19-5-2-3-6-21(19)31-27(28)34/h2-3,5-6,8-11,13-14,22,24,26H,4,7,12,15H2,1H3,(H,31,34)/t22-,24+,26+,28-/m0/s1. The predicted octanol–water partition coefficient (Wildman–Crippen LogP) is 5.12. The lowest BCUT2D eigenvalue weighted by molar-refractivity contribution is -0.534. The van der Waals surface area contributed by atoms with Crippen LogP contribution in [0.4, 0.5) is 10.1 Å². The number of fused-ring (bicyclic) bond motifs is 4. The van der Waals surface area contributed by atoms with Crippen molar-refractivity contribution < 1.29 is 23.6 Å². The molecule has 3 aliphatic rings. The zero-order valence-electron chi connectivity index (χ0n) is 20.5. The van der Waals surface area contributed by atoms with Crippen LogP contribution in [0.3, 0.4) is 0 Å². The second-order valence-corrected chi connectivity index (χ2v) is 10.3. The Morgan fingerprint density at radius 2 is 1.97 bits per heavy atom. The largest absolute Gasteiger partial charge is 0.493 e. The number of carbonyl (C=O) groups is 1. The number of halogens is 2. The van der Waals surface area contributed by atoms with E-state index >= 15 is 0 Å². The Balaban J connectivity index is 1.42. The molecule has 4 atom stereocenters. The van der Waals surface area contributed by atoms with Gasteiger partial charge in [0.25, 0.3) is 11.9 Å². The molecule has 0 bridgehead atoms. The van der Waals surface area contributed by atoms with Crippen molar-refractivity contribution in [3.8, 4) is 11.5 Å². The first kappa shape index (κ1) is 24.6. The summed E-state index contributed by atoms with van der Waals surface area (Å²) in [6.45, 7) is 0.712. The molecular weight excluding hydrogens is 513 g/mol. The van der Waals surface area contributed by atoms with Gasteiger partial charge in [-0.2, -0.15) is 0 Å². The van der Waals surface area contributed by atoms with Gasteiger partial charge in [0.15, 0.2) is 17.0 Å². The summed E-state index contributed by atoms with van der Waals surface area (Å²) in [5.74, 6) is -0.699. The van der Waals surface area contributed by atoms with E-state index in [4.69, 9.17) is 21.1 Å². The molecule has 10 heteroatoms. The molecular formula is C28H25ClFN3O5. The summed E-state index contributed by atoms with van der Waals surface area (Å²) in [5, 5.41) is 15.9. The number of hydrogen-bond acceptors (Lipinski definition) is 6. The molecule has 0 aromatic heterocycles. The average molecular weight is 538 g/mol. The monoisotopic (exact) mass is 537 g/mol. The van der Waals surface area contributed by atoms with E-state index in [-0.39, 0.29) is 34.3 Å². The van der Waals surface area contributed by atoms with E-state index in [2.05, 4.69) is 5.32 Å². The second-order valence-electron chi connectivity index (χ2n) is 9.87. The molecule has 0 radical (unpaired) electrons. The molecule has 8 nitrogen and oxygen atoms in total. The molecule has 3 aliphatic heterocycles. The van der Waals surface area contributed by atoms with E-state index in [1.165, 1.54) is 19.2 Å². The molecule has 0 unspecified atom stereocenters. The Labute approximate surface area is 223 Å². The minimum atomic E-state index is -1.41. The van der Waals surface area contributed by atoms with E-state index in [0.717, 1.165) is 18.4 Å². The Hall–Kier alpha value is -3.69. The number of anilines is 1. The molecule has 0 saturated carbocycles. The van der Waals surface area contributed by atoms with Gasteiger partial charge in [0.2, 0.25) is 0 Å². The molecule has 1 N–H and O–H groups in total. The maximum absolute atomic E-state index is 13.6. The van der Waals surface area contributed by atoms with Crippen molar-refractivity contribution in [1.29, 1.82) is 0 Å². The number of nitrogens with one attached hydrogen (secondary N) is 1. The van der Waals surface area contributed by atoms with Gasteiger partial charge in [0, 0.05) is 28.8 Å². The summed E-state index contributed by atoms with van der Waals surface area (Å²) >= 11 is 6.69. The number of ether oxygens (including phenoxy) is 2. The quantitative estimate of drug-likeness (QED) is 0.346. The zero-order chi connectivity index (χ0) is 26.6. The lowest BCUT2D eigenvalue weighted by atomic mass is 9.77. The van der Waals surface area contributed by atoms with Gasteiger partial charge in [-0.05, 0) is 54.3 Å². The highest BCUT2D eigenvalue weighted by Crippen LogP contribution is 2.58. The van der Waals surface area contributed by atoms with E-state index in [0.29, 0.717) is 34.9 Å². The second kappa shape index (κ2) is 9.25. The van der Waals surface area contributed by atoms with Crippen LogP contribution in [-0.2, 0) is 16.9 Å². The fourth-order valence-corrected chi connectivity index (χ4v) is 6.86. The van der Waals surface area contributed by atoms with Crippen LogP contribution < -0.4 is 14.8 Å². The summed E-state index contributed by atoms with van der Waals surface area (Å²) in [6, 6.07) is 15.1. The van der Waals surface area contributed by atoms with Crippen LogP contribution in [0.25, 0.3) is 0 Å². The van der Waals surface area contributed by atoms with Crippen molar-refractivity contribution in [2.24, 2.45) is 0 Å². The topological polar surface area (TPSA) is 93.9 Å². The summed E-state index contributed by atoms with van der Waals surface area (Å²) in [5.41, 5.74) is 1.19. The molecule has 2 fully saturated rings. The molecule has 3 aromatic rings. The Morgan fingerprint density at radius 1 is 1.21 bits per heavy atom. The molecule has 0 aliphatic carbocycles. The first-order valence-corrected chi connectivity index (χ1v) is 12.8. The number of para-hydroxylation sites is 1. The van der Waals surface area contributed by atoms with Crippen LogP contribution in [0.2, 0.25) is 5.02 Å². The van der Waals surface area contributed by atoms with Crippen molar-refractivity contribution in [3.63, 3.8) is 0 Å². The van der Waals surface area contributed by atoms with Gasteiger partial charge in [-0.15, -0.1) is 0 Å². The van der Waals surface area contributed by atoms with Gasteiger partial charge in [-0.25, -0.2) is 4.39 Å². The van der Waals surface area contributed by atoms with Gasteiger partial charge < -0.3 is 14.8 Å². The number of nitrogens with zero attached hydrogens (tertiary/aromatic N) is 2. The van der Waals surface area contributed by atoms with Crippen molar-refractivity contribution in [1.82, 2.24) is 4.90 Å². The molecule has 3 aromatic carbocycles. The highest BCUT2D eigenvalue weighted by molar-refractivity contribution is 6.32. The number of methoxy groups -OCH3 is 1. The van der Waals surface area contributed by atoms with E-state index in [1.54, 1.807) is 36.4 Å². The summed E-state index contributed by atoms with van der Waals surface area (Å²) in [4.78, 5) is 28.1. The van der Waals surface area contributed by atoms with Gasteiger partial charge in [0.1, 0.15) is 12.4 Å². The third kappa shape index (κ3) is 3.56. The molecule has 1 spiro atoms. The van der Waals surface area contributed by atoms with Crippen molar-refractivity contribution in [3.05, 3.63) is 98.3 Å². The van der Waals surface area contributed by atoms with Gasteiger partial charge in [-0.1, -0.05) is 41.9 Å². The molecule has 2 saturated heterocycles. The third-order valence-corrected chi connectivity index (χ3v) is 8.31. The highest BCUT2D eigenvalue weighted by atomic mass is 35.5. The van der Waals surface area contributed by atoms with E-state index in [1.807, 2.05) is 17.0 Å². The van der Waals surface area contributed by atoms with Crippen molar-refractivity contribution in [2.75, 3.05) is 19.0 Å². The van der Waals surface area contributed by atoms with Crippen molar-refractivity contribution in [2.45, 2.75) is 43.0 Å². The summed E-state index contributed by atoms with van der Waals surface area (Å²) in [7, 11) is 1.48. The van der Waals surface area contributed by atoms with Gasteiger partial charge in [-0.3, -0.25) is 19.8 Å².